The molecule has 0 unspecified atom stereocenters. The molecule has 0 atom stereocenters. The topological polar surface area (TPSA) is 40.3 Å². The van der Waals surface area contributed by atoms with E-state index in [9.17, 15) is 0 Å². The zero-order chi connectivity index (χ0) is 8.69. The average molecular weight is 266 g/mol. The lowest BCUT2D eigenvalue weighted by Crippen LogP contribution is -1.87. The molecule has 0 aliphatic heterocycles. The van der Waals surface area contributed by atoms with Gasteiger partial charge in [0.05, 0.1) is 22.9 Å². The Morgan fingerprint density at radius 1 is 1.55 bits per heavy atom. The van der Waals surface area contributed by atoms with E-state index in [4.69, 9.17) is 0 Å². The van der Waals surface area contributed by atoms with E-state index in [0.29, 0.717) is 5.92 Å². The van der Waals surface area contributed by atoms with Gasteiger partial charge in [0.15, 0.2) is 0 Å². The van der Waals surface area contributed by atoms with E-state index in [1.807, 2.05) is 36.7 Å². The van der Waals surface area contributed by atoms with Crippen molar-refractivity contribution in [3.8, 4) is 0 Å². The Balaban J connectivity index is 3.67. The Kier molecular flexibility index (Phi) is 6.00. The molecule has 0 fully saturated rings. The van der Waals surface area contributed by atoms with Crippen LogP contribution < -0.4 is 0 Å². The first-order chi connectivity index (χ1) is 5.16. The third kappa shape index (κ3) is 7.44. The van der Waals surface area contributed by atoms with Gasteiger partial charge in [-0.2, -0.15) is 3.22 Å². The third-order valence-corrected chi connectivity index (χ3v) is 1.28. The van der Waals surface area contributed by atoms with Crippen LogP contribution in [0.5, 0.6) is 0 Å². The molecule has 0 rings (SSSR count). The SMILES string of the molecule is C=CN(I)/N=N\N=C\C(C)C. The minimum absolute atomic E-state index is 0.403. The van der Waals surface area contributed by atoms with Crippen LogP contribution in [0.15, 0.2) is 28.3 Å². The van der Waals surface area contributed by atoms with Gasteiger partial charge in [-0.1, -0.05) is 20.4 Å². The third-order valence-electron chi connectivity index (χ3n) is 0.693. The molecule has 0 heterocycles. The summed E-state index contributed by atoms with van der Waals surface area (Å²) in [5, 5.41) is 10.9. The fourth-order valence-electron chi connectivity index (χ4n) is 0.261. The van der Waals surface area contributed by atoms with E-state index in [0.717, 1.165) is 0 Å². The molecule has 0 radical (unpaired) electrons. The Labute approximate surface area is 80.5 Å². The Morgan fingerprint density at radius 3 is 2.64 bits per heavy atom. The lowest BCUT2D eigenvalue weighted by atomic mass is 10.3. The van der Waals surface area contributed by atoms with Crippen molar-refractivity contribution in [3.05, 3.63) is 12.8 Å². The van der Waals surface area contributed by atoms with Crippen molar-refractivity contribution >= 4 is 29.1 Å². The lowest BCUT2D eigenvalue weighted by molar-refractivity contribution is 0.650. The van der Waals surface area contributed by atoms with Crippen molar-refractivity contribution in [3.63, 3.8) is 0 Å². The van der Waals surface area contributed by atoms with Crippen molar-refractivity contribution in [2.24, 2.45) is 21.5 Å². The van der Waals surface area contributed by atoms with E-state index in [2.05, 4.69) is 22.1 Å². The largest absolute Gasteiger partial charge is 0.192 e. The maximum Gasteiger partial charge on any atom is 0.0862 e. The minimum atomic E-state index is 0.403. The van der Waals surface area contributed by atoms with Crippen molar-refractivity contribution in [2.75, 3.05) is 0 Å². The average Bonchev–Trinajstić information content (AvgIpc) is 1.97. The number of rotatable bonds is 4. The summed E-state index contributed by atoms with van der Waals surface area (Å²) in [5.41, 5.74) is 0. The standard InChI is InChI=1S/C6H11IN4/c1-4-11(7)10-9-8-5-6(2)3/h4-6H,1H2,2-3H3/b8-5+,10-9-. The molecule has 0 saturated heterocycles. The maximum atomic E-state index is 3.70. The molecule has 0 amide bonds. The van der Waals surface area contributed by atoms with Gasteiger partial charge in [-0.15, -0.1) is 5.10 Å². The van der Waals surface area contributed by atoms with Crippen LogP contribution in [0.3, 0.4) is 0 Å². The molecular formula is C6H11IN4. The monoisotopic (exact) mass is 266 g/mol. The fourth-order valence-corrected chi connectivity index (χ4v) is 0.347. The van der Waals surface area contributed by atoms with Crippen LogP contribution in [-0.4, -0.2) is 9.44 Å². The molecule has 0 N–H and O–H groups in total. The molecule has 11 heavy (non-hydrogen) atoms. The van der Waals surface area contributed by atoms with Crippen LogP contribution in [-0.2, 0) is 0 Å². The van der Waals surface area contributed by atoms with Crippen LogP contribution in [0, 0.1) is 5.92 Å². The summed E-state index contributed by atoms with van der Waals surface area (Å²) in [4.78, 5) is 0. The van der Waals surface area contributed by atoms with Gasteiger partial charge in [0, 0.05) is 12.4 Å². The first-order valence-corrected chi connectivity index (χ1v) is 4.15. The van der Waals surface area contributed by atoms with Crippen molar-refractivity contribution in [1.82, 2.24) is 3.22 Å². The summed E-state index contributed by atoms with van der Waals surface area (Å²) in [6.45, 7) is 7.53. The smallest absolute Gasteiger partial charge is 0.0862 e. The molecule has 0 aliphatic carbocycles. The molecule has 0 aromatic carbocycles. The molecule has 0 saturated carbocycles. The van der Waals surface area contributed by atoms with Crippen LogP contribution in [0.25, 0.3) is 0 Å². The fraction of sp³-hybridized carbons (Fsp3) is 0.500. The highest BCUT2D eigenvalue weighted by molar-refractivity contribution is 14.1. The highest BCUT2D eigenvalue weighted by atomic mass is 127. The number of halogens is 1. The second-order valence-electron chi connectivity index (χ2n) is 2.16. The highest BCUT2D eigenvalue weighted by Gasteiger charge is 1.83. The summed E-state index contributed by atoms with van der Waals surface area (Å²) in [5.74, 6) is 0.403. The van der Waals surface area contributed by atoms with E-state index in [-0.39, 0.29) is 0 Å². The molecule has 0 aromatic rings. The van der Waals surface area contributed by atoms with Gasteiger partial charge in [0.1, 0.15) is 0 Å². The van der Waals surface area contributed by atoms with Gasteiger partial charge >= 0.3 is 0 Å². The lowest BCUT2D eigenvalue weighted by Gasteiger charge is -1.95. The Morgan fingerprint density at radius 2 is 2.18 bits per heavy atom. The van der Waals surface area contributed by atoms with E-state index >= 15 is 0 Å². The normalized spacial score (nSPS) is 11.6. The van der Waals surface area contributed by atoms with Gasteiger partial charge in [-0.05, 0) is 16.4 Å². The number of nitrogens with zero attached hydrogens (tertiary/aromatic N) is 4. The van der Waals surface area contributed by atoms with E-state index in [1.54, 1.807) is 6.21 Å². The van der Waals surface area contributed by atoms with Gasteiger partial charge in [-0.3, -0.25) is 0 Å². The summed E-state index contributed by atoms with van der Waals surface area (Å²) in [7, 11) is 0. The van der Waals surface area contributed by atoms with Gasteiger partial charge in [-0.25, -0.2) is 0 Å². The Hall–Kier alpha value is -0.460. The maximum absolute atomic E-state index is 3.70. The summed E-state index contributed by atoms with van der Waals surface area (Å²) in [6.07, 6.45) is 3.26. The Bertz CT molecular complexity index is 164. The summed E-state index contributed by atoms with van der Waals surface area (Å²) in [6, 6.07) is 0. The summed E-state index contributed by atoms with van der Waals surface area (Å²) < 4.78 is 1.45. The molecule has 5 heteroatoms. The zero-order valence-corrected chi connectivity index (χ0v) is 8.76. The first kappa shape index (κ1) is 10.5. The van der Waals surface area contributed by atoms with Crippen molar-refractivity contribution < 1.29 is 0 Å². The van der Waals surface area contributed by atoms with Crippen LogP contribution in [0.2, 0.25) is 0 Å². The zero-order valence-electron chi connectivity index (χ0n) is 6.61. The molecule has 0 bridgehead atoms. The van der Waals surface area contributed by atoms with Crippen LogP contribution >= 0.6 is 22.9 Å². The predicted octanol–water partition coefficient (Wildman–Crippen LogP) is 2.79. The van der Waals surface area contributed by atoms with Gasteiger partial charge < -0.3 is 0 Å². The van der Waals surface area contributed by atoms with Crippen LogP contribution in [0.4, 0.5) is 0 Å². The summed E-state index contributed by atoms with van der Waals surface area (Å²) >= 11 is 1.94. The second kappa shape index (κ2) is 6.26. The predicted molar refractivity (Wildman–Crippen MR) is 54.2 cm³/mol. The quantitative estimate of drug-likeness (QED) is 0.253. The first-order valence-electron chi connectivity index (χ1n) is 3.18. The molecule has 0 aliphatic rings. The molecule has 62 valence electrons. The molecule has 0 spiro atoms. The van der Waals surface area contributed by atoms with E-state index < -0.39 is 0 Å². The molecular weight excluding hydrogens is 255 g/mol. The minimum Gasteiger partial charge on any atom is -0.192 e. The number of hydrogen-bond acceptors (Lipinski definition) is 2. The van der Waals surface area contributed by atoms with Crippen molar-refractivity contribution in [1.29, 1.82) is 0 Å². The van der Waals surface area contributed by atoms with Crippen molar-refractivity contribution in [2.45, 2.75) is 13.8 Å². The molecule has 4 nitrogen and oxygen atoms in total. The number of hydrogen-bond donors (Lipinski definition) is 0. The highest BCUT2D eigenvalue weighted by Crippen LogP contribution is 1.99. The van der Waals surface area contributed by atoms with Gasteiger partial charge in [0.2, 0.25) is 0 Å². The second-order valence-corrected chi connectivity index (χ2v) is 3.15. The molecule has 0 aromatic heterocycles. The van der Waals surface area contributed by atoms with E-state index in [1.165, 1.54) is 9.42 Å². The van der Waals surface area contributed by atoms with Gasteiger partial charge in [0.25, 0.3) is 0 Å². The van der Waals surface area contributed by atoms with Crippen LogP contribution in [0.1, 0.15) is 13.8 Å².